The van der Waals surface area contributed by atoms with Gasteiger partial charge in [0.05, 0.1) is 12.2 Å². The van der Waals surface area contributed by atoms with Crippen LogP contribution in [0.4, 0.5) is 0 Å². The highest BCUT2D eigenvalue weighted by Gasteiger charge is 2.13. The fourth-order valence-electron chi connectivity index (χ4n) is 1.23. The largest absolute Gasteiger partial charge is 0.462 e. The molecule has 1 aromatic rings. The second kappa shape index (κ2) is 5.70. The van der Waals surface area contributed by atoms with Gasteiger partial charge < -0.3 is 10.5 Å². The van der Waals surface area contributed by atoms with Gasteiger partial charge in [0.15, 0.2) is 0 Å². The summed E-state index contributed by atoms with van der Waals surface area (Å²) in [4.78, 5) is 22.4. The van der Waals surface area contributed by atoms with Gasteiger partial charge in [0, 0.05) is 6.08 Å². The van der Waals surface area contributed by atoms with Gasteiger partial charge in [0.2, 0.25) is 5.91 Å². The lowest BCUT2D eigenvalue weighted by Crippen LogP contribution is -2.12. The Morgan fingerprint density at radius 2 is 1.94 bits per heavy atom. The van der Waals surface area contributed by atoms with Crippen LogP contribution in [0.25, 0.3) is 5.57 Å². The average Bonchev–Trinajstić information content (AvgIpc) is 2.27. The maximum Gasteiger partial charge on any atom is 0.338 e. The predicted octanol–water partition coefficient (Wildman–Crippen LogP) is 1.12. The van der Waals surface area contributed by atoms with Crippen molar-refractivity contribution in [2.24, 2.45) is 5.73 Å². The van der Waals surface area contributed by atoms with Crippen molar-refractivity contribution in [2.45, 2.75) is 6.92 Å². The van der Waals surface area contributed by atoms with Crippen molar-refractivity contribution in [3.8, 4) is 0 Å². The molecule has 0 spiro atoms. The van der Waals surface area contributed by atoms with E-state index in [1.54, 1.807) is 31.2 Å². The van der Waals surface area contributed by atoms with E-state index in [2.05, 4.69) is 0 Å². The van der Waals surface area contributed by atoms with Crippen LogP contribution in [0, 0.1) is 0 Å². The first-order chi connectivity index (χ1) is 7.65. The van der Waals surface area contributed by atoms with Crippen LogP contribution >= 0.6 is 0 Å². The number of benzene rings is 1. The molecule has 0 saturated carbocycles. The number of rotatable bonds is 4. The maximum atomic E-state index is 11.6. The minimum atomic E-state index is -0.674. The molecule has 0 aliphatic heterocycles. The van der Waals surface area contributed by atoms with Crippen LogP contribution in [0.1, 0.15) is 12.5 Å². The summed E-state index contributed by atoms with van der Waals surface area (Å²) in [7, 11) is 0. The Morgan fingerprint density at radius 1 is 1.31 bits per heavy atom. The van der Waals surface area contributed by atoms with Gasteiger partial charge in [-0.05, 0) is 12.5 Å². The molecule has 0 bridgehead atoms. The molecule has 4 heteroatoms. The molecule has 0 radical (unpaired) electrons. The third kappa shape index (κ3) is 3.24. The third-order valence-corrected chi connectivity index (χ3v) is 1.87. The molecular weight excluding hydrogens is 206 g/mol. The fourth-order valence-corrected chi connectivity index (χ4v) is 1.23. The number of nitrogens with two attached hydrogens (primary N) is 1. The van der Waals surface area contributed by atoms with Crippen LogP contribution in [0.15, 0.2) is 36.4 Å². The molecular formula is C12H13NO3. The van der Waals surface area contributed by atoms with Crippen LogP contribution in [0.3, 0.4) is 0 Å². The average molecular weight is 219 g/mol. The molecule has 2 N–H and O–H groups in total. The molecule has 84 valence electrons. The van der Waals surface area contributed by atoms with E-state index in [4.69, 9.17) is 10.5 Å². The number of carbonyl (C=O) groups is 2. The second-order valence-electron chi connectivity index (χ2n) is 3.05. The Kier molecular flexibility index (Phi) is 4.27. The van der Waals surface area contributed by atoms with E-state index in [1.807, 2.05) is 6.07 Å². The van der Waals surface area contributed by atoms with Crippen molar-refractivity contribution >= 4 is 17.4 Å². The number of amides is 1. The first-order valence-electron chi connectivity index (χ1n) is 4.88. The SMILES string of the molecule is CCOC(=O)/C(=C\C(N)=O)c1ccccc1. The van der Waals surface area contributed by atoms with Gasteiger partial charge in [-0.25, -0.2) is 4.79 Å². The minimum absolute atomic E-state index is 0.176. The maximum absolute atomic E-state index is 11.6. The number of hydrogen-bond donors (Lipinski definition) is 1. The fraction of sp³-hybridized carbons (Fsp3) is 0.167. The zero-order chi connectivity index (χ0) is 12.0. The van der Waals surface area contributed by atoms with Gasteiger partial charge in [-0.1, -0.05) is 30.3 Å². The highest BCUT2D eigenvalue weighted by molar-refractivity contribution is 6.20. The summed E-state index contributed by atoms with van der Waals surface area (Å²) >= 11 is 0. The van der Waals surface area contributed by atoms with E-state index in [0.29, 0.717) is 5.56 Å². The van der Waals surface area contributed by atoms with Gasteiger partial charge in [-0.2, -0.15) is 0 Å². The van der Waals surface area contributed by atoms with Crippen LogP contribution in [-0.2, 0) is 14.3 Å². The zero-order valence-electron chi connectivity index (χ0n) is 8.97. The van der Waals surface area contributed by atoms with Crippen molar-refractivity contribution in [3.63, 3.8) is 0 Å². The van der Waals surface area contributed by atoms with Crippen molar-refractivity contribution in [2.75, 3.05) is 6.61 Å². The first kappa shape index (κ1) is 12.0. The quantitative estimate of drug-likeness (QED) is 0.609. The molecule has 0 unspecified atom stereocenters. The number of carbonyl (C=O) groups excluding carboxylic acids is 2. The summed E-state index contributed by atoms with van der Waals surface area (Å²) in [5.41, 5.74) is 5.83. The molecule has 1 rings (SSSR count). The van der Waals surface area contributed by atoms with E-state index >= 15 is 0 Å². The van der Waals surface area contributed by atoms with Gasteiger partial charge in [-0.15, -0.1) is 0 Å². The molecule has 1 aromatic carbocycles. The zero-order valence-corrected chi connectivity index (χ0v) is 8.97. The van der Waals surface area contributed by atoms with E-state index < -0.39 is 11.9 Å². The molecule has 0 aromatic heterocycles. The normalized spacial score (nSPS) is 10.9. The lowest BCUT2D eigenvalue weighted by molar-refractivity contribution is -0.136. The summed E-state index contributed by atoms with van der Waals surface area (Å²) in [5, 5.41) is 0. The highest BCUT2D eigenvalue weighted by atomic mass is 16.5. The van der Waals surface area contributed by atoms with Crippen molar-refractivity contribution < 1.29 is 14.3 Å². The van der Waals surface area contributed by atoms with Crippen molar-refractivity contribution in [3.05, 3.63) is 42.0 Å². The summed E-state index contributed by atoms with van der Waals surface area (Å²) in [6, 6.07) is 8.78. The van der Waals surface area contributed by atoms with Crippen LogP contribution in [0.2, 0.25) is 0 Å². The van der Waals surface area contributed by atoms with Crippen LogP contribution in [-0.4, -0.2) is 18.5 Å². The van der Waals surface area contributed by atoms with E-state index in [9.17, 15) is 9.59 Å². The summed E-state index contributed by atoms with van der Waals surface area (Å²) in [6.45, 7) is 1.95. The standard InChI is InChI=1S/C12H13NO3/c1-2-16-12(15)10(8-11(13)14)9-6-4-3-5-7-9/h3-8H,2H2,1H3,(H2,13,14)/b10-8-. The van der Waals surface area contributed by atoms with E-state index in [1.165, 1.54) is 0 Å². The number of ether oxygens (including phenoxy) is 1. The summed E-state index contributed by atoms with van der Waals surface area (Å²) < 4.78 is 4.84. The van der Waals surface area contributed by atoms with E-state index in [-0.39, 0.29) is 12.2 Å². The first-order valence-corrected chi connectivity index (χ1v) is 4.88. The molecule has 1 amide bonds. The second-order valence-corrected chi connectivity index (χ2v) is 3.05. The Morgan fingerprint density at radius 3 is 2.44 bits per heavy atom. The van der Waals surface area contributed by atoms with Crippen molar-refractivity contribution in [1.29, 1.82) is 0 Å². The molecule has 0 aliphatic carbocycles. The smallest absolute Gasteiger partial charge is 0.338 e. The lowest BCUT2D eigenvalue weighted by Gasteiger charge is -2.06. The Bertz CT molecular complexity index is 410. The van der Waals surface area contributed by atoms with Gasteiger partial charge in [0.25, 0.3) is 0 Å². The lowest BCUT2D eigenvalue weighted by atomic mass is 10.1. The molecule has 0 fully saturated rings. The van der Waals surface area contributed by atoms with Gasteiger partial charge >= 0.3 is 5.97 Å². The van der Waals surface area contributed by atoms with Crippen LogP contribution < -0.4 is 5.73 Å². The monoisotopic (exact) mass is 219 g/mol. The van der Waals surface area contributed by atoms with E-state index in [0.717, 1.165) is 6.08 Å². The summed E-state index contributed by atoms with van der Waals surface area (Å²) in [5.74, 6) is -1.22. The predicted molar refractivity (Wildman–Crippen MR) is 60.2 cm³/mol. The number of hydrogen-bond acceptors (Lipinski definition) is 3. The van der Waals surface area contributed by atoms with Crippen molar-refractivity contribution in [1.82, 2.24) is 0 Å². The van der Waals surface area contributed by atoms with Gasteiger partial charge in [0.1, 0.15) is 0 Å². The molecule has 0 saturated heterocycles. The number of esters is 1. The Hall–Kier alpha value is -2.10. The molecule has 16 heavy (non-hydrogen) atoms. The third-order valence-electron chi connectivity index (χ3n) is 1.87. The highest BCUT2D eigenvalue weighted by Crippen LogP contribution is 2.15. The molecule has 0 aliphatic rings. The summed E-state index contributed by atoms with van der Waals surface area (Å²) in [6.07, 6.45) is 1.08. The minimum Gasteiger partial charge on any atom is -0.462 e. The van der Waals surface area contributed by atoms with Gasteiger partial charge in [-0.3, -0.25) is 4.79 Å². The Balaban J connectivity index is 3.07. The van der Waals surface area contributed by atoms with Crippen LogP contribution in [0.5, 0.6) is 0 Å². The topological polar surface area (TPSA) is 69.4 Å². The molecule has 0 atom stereocenters. The Labute approximate surface area is 93.7 Å². The number of primary amides is 1. The molecule has 4 nitrogen and oxygen atoms in total. The molecule has 0 heterocycles.